The van der Waals surface area contributed by atoms with E-state index in [9.17, 15) is 9.59 Å². The van der Waals surface area contributed by atoms with Crippen LogP contribution in [0.3, 0.4) is 0 Å². The number of nitrogens with one attached hydrogen (secondary N) is 2. The molecule has 0 radical (unpaired) electrons. The van der Waals surface area contributed by atoms with Crippen LogP contribution in [-0.4, -0.2) is 11.8 Å². The molecule has 1 atom stereocenters. The Morgan fingerprint density at radius 1 is 1.12 bits per heavy atom. The van der Waals surface area contributed by atoms with Crippen molar-refractivity contribution in [3.63, 3.8) is 0 Å². The molecule has 0 saturated carbocycles. The van der Waals surface area contributed by atoms with Gasteiger partial charge in [0.25, 0.3) is 5.91 Å². The minimum atomic E-state index is -0.286. The van der Waals surface area contributed by atoms with Crippen LogP contribution >= 0.6 is 0 Å². The molecule has 1 aliphatic rings. The van der Waals surface area contributed by atoms with Gasteiger partial charge in [0.15, 0.2) is 5.76 Å². The lowest BCUT2D eigenvalue weighted by molar-refractivity contribution is -0.125. The lowest BCUT2D eigenvalue weighted by Gasteiger charge is -2.17. The highest BCUT2D eigenvalue weighted by Gasteiger charge is 2.18. The zero-order chi connectivity index (χ0) is 16.8. The Hall–Kier alpha value is -2.82. The summed E-state index contributed by atoms with van der Waals surface area (Å²) >= 11 is 0. The van der Waals surface area contributed by atoms with E-state index in [-0.39, 0.29) is 23.5 Å². The van der Waals surface area contributed by atoms with Gasteiger partial charge in [-0.15, -0.1) is 0 Å². The smallest absolute Gasteiger partial charge is 0.291 e. The summed E-state index contributed by atoms with van der Waals surface area (Å²) in [6.07, 6.45) is 8.37. The molecule has 3 rings (SSSR count). The molecule has 5 heteroatoms. The fraction of sp³-hybridized carbons (Fsp3) is 0.263. The van der Waals surface area contributed by atoms with Crippen LogP contribution < -0.4 is 10.6 Å². The van der Waals surface area contributed by atoms with E-state index < -0.39 is 0 Å². The second-order valence-electron chi connectivity index (χ2n) is 5.83. The maximum Gasteiger partial charge on any atom is 0.291 e. The molecule has 2 aromatic rings. The minimum absolute atomic E-state index is 0.0851. The first-order valence-electron chi connectivity index (χ1n) is 8.09. The number of furan rings is 1. The zero-order valence-corrected chi connectivity index (χ0v) is 13.3. The van der Waals surface area contributed by atoms with Crippen molar-refractivity contribution in [3.8, 4) is 0 Å². The first-order chi connectivity index (χ1) is 11.7. The summed E-state index contributed by atoms with van der Waals surface area (Å²) in [5.74, 6) is 0.177. The van der Waals surface area contributed by atoms with Gasteiger partial charge in [0.2, 0.25) is 5.91 Å². The Labute approximate surface area is 140 Å². The second-order valence-corrected chi connectivity index (χ2v) is 5.83. The monoisotopic (exact) mass is 324 g/mol. The highest BCUT2D eigenvalue weighted by atomic mass is 16.3. The van der Waals surface area contributed by atoms with Crippen molar-refractivity contribution in [2.24, 2.45) is 5.92 Å². The quantitative estimate of drug-likeness (QED) is 0.827. The summed E-state index contributed by atoms with van der Waals surface area (Å²) in [5, 5.41) is 5.74. The van der Waals surface area contributed by atoms with Crippen LogP contribution in [0.25, 0.3) is 0 Å². The van der Waals surface area contributed by atoms with Crippen molar-refractivity contribution in [2.75, 3.05) is 5.32 Å². The SMILES string of the molecule is O=C(Nc1ccc(CNC(=O)[C@@H]2CC=CCC2)cc1)c1ccco1. The molecular weight excluding hydrogens is 304 g/mol. The number of amides is 2. The first kappa shape index (κ1) is 16.1. The number of carbonyl (C=O) groups is 2. The molecule has 0 unspecified atom stereocenters. The van der Waals surface area contributed by atoms with Gasteiger partial charge in [-0.3, -0.25) is 9.59 Å². The number of allylic oxidation sites excluding steroid dienone is 2. The minimum Gasteiger partial charge on any atom is -0.459 e. The molecule has 0 saturated heterocycles. The normalized spacial score (nSPS) is 16.6. The van der Waals surface area contributed by atoms with Crippen molar-refractivity contribution < 1.29 is 14.0 Å². The maximum atomic E-state index is 12.1. The molecule has 0 fully saturated rings. The van der Waals surface area contributed by atoms with E-state index >= 15 is 0 Å². The van der Waals surface area contributed by atoms with E-state index in [0.717, 1.165) is 24.8 Å². The maximum absolute atomic E-state index is 12.1. The average Bonchev–Trinajstić information content (AvgIpc) is 3.16. The molecular formula is C19H20N2O3. The van der Waals surface area contributed by atoms with E-state index in [4.69, 9.17) is 4.42 Å². The highest BCUT2D eigenvalue weighted by molar-refractivity contribution is 6.02. The largest absolute Gasteiger partial charge is 0.459 e. The van der Waals surface area contributed by atoms with Gasteiger partial charge < -0.3 is 15.1 Å². The lowest BCUT2D eigenvalue weighted by atomic mass is 9.93. The molecule has 24 heavy (non-hydrogen) atoms. The van der Waals surface area contributed by atoms with Gasteiger partial charge in [0.1, 0.15) is 0 Å². The van der Waals surface area contributed by atoms with Crippen molar-refractivity contribution in [3.05, 3.63) is 66.1 Å². The highest BCUT2D eigenvalue weighted by Crippen LogP contribution is 2.18. The third-order valence-electron chi connectivity index (χ3n) is 4.06. The Balaban J connectivity index is 1.50. The number of benzene rings is 1. The van der Waals surface area contributed by atoms with Crippen molar-refractivity contribution >= 4 is 17.5 Å². The van der Waals surface area contributed by atoms with E-state index in [1.807, 2.05) is 24.3 Å². The molecule has 1 aliphatic carbocycles. The Morgan fingerprint density at radius 3 is 2.62 bits per heavy atom. The predicted octanol–water partition coefficient (Wildman–Crippen LogP) is 3.50. The molecule has 2 N–H and O–H groups in total. The van der Waals surface area contributed by atoms with Gasteiger partial charge in [-0.2, -0.15) is 0 Å². The van der Waals surface area contributed by atoms with Crippen molar-refractivity contribution in [1.29, 1.82) is 0 Å². The first-order valence-corrected chi connectivity index (χ1v) is 8.09. The molecule has 0 spiro atoms. The van der Waals surface area contributed by atoms with Crippen LogP contribution in [0.1, 0.15) is 35.4 Å². The van der Waals surface area contributed by atoms with Crippen molar-refractivity contribution in [1.82, 2.24) is 5.32 Å². The van der Waals surface area contributed by atoms with Crippen LogP contribution in [-0.2, 0) is 11.3 Å². The van der Waals surface area contributed by atoms with Crippen LogP contribution in [0.4, 0.5) is 5.69 Å². The number of carbonyl (C=O) groups excluding carboxylic acids is 2. The summed E-state index contributed by atoms with van der Waals surface area (Å²) in [6.45, 7) is 0.492. The molecule has 1 heterocycles. The number of anilines is 1. The van der Waals surface area contributed by atoms with Crippen LogP contribution in [0.15, 0.2) is 59.2 Å². The van der Waals surface area contributed by atoms with Gasteiger partial charge in [0.05, 0.1) is 6.26 Å². The third kappa shape index (κ3) is 4.13. The summed E-state index contributed by atoms with van der Waals surface area (Å²) in [5.41, 5.74) is 1.68. The standard InChI is InChI=1S/C19H20N2O3/c22-18(15-5-2-1-3-6-15)20-13-14-8-10-16(11-9-14)21-19(23)17-7-4-12-24-17/h1-2,4,7-12,15H,3,5-6,13H2,(H,20,22)(H,21,23)/t15-/m1/s1. The Bertz CT molecular complexity index is 718. The predicted molar refractivity (Wildman–Crippen MR) is 91.4 cm³/mol. The molecule has 1 aromatic heterocycles. The number of rotatable bonds is 5. The topological polar surface area (TPSA) is 71.3 Å². The second kappa shape index (κ2) is 7.64. The Kier molecular flexibility index (Phi) is 5.11. The van der Waals surface area contributed by atoms with Crippen molar-refractivity contribution in [2.45, 2.75) is 25.8 Å². The molecule has 2 amide bonds. The zero-order valence-electron chi connectivity index (χ0n) is 13.3. The summed E-state index contributed by atoms with van der Waals surface area (Å²) < 4.78 is 5.05. The van der Waals surface area contributed by atoms with E-state index in [0.29, 0.717) is 12.2 Å². The molecule has 0 bridgehead atoms. The fourth-order valence-corrected chi connectivity index (χ4v) is 2.67. The molecule has 0 aliphatic heterocycles. The van der Waals surface area contributed by atoms with Gasteiger partial charge in [-0.05, 0) is 49.1 Å². The van der Waals surface area contributed by atoms with Gasteiger partial charge >= 0.3 is 0 Å². The summed E-state index contributed by atoms with van der Waals surface area (Å²) in [7, 11) is 0. The number of hydrogen-bond acceptors (Lipinski definition) is 3. The lowest BCUT2D eigenvalue weighted by Crippen LogP contribution is -2.30. The molecule has 1 aromatic carbocycles. The fourth-order valence-electron chi connectivity index (χ4n) is 2.67. The summed E-state index contributed by atoms with van der Waals surface area (Å²) in [4.78, 5) is 24.0. The number of hydrogen-bond donors (Lipinski definition) is 2. The Morgan fingerprint density at radius 2 is 1.96 bits per heavy atom. The summed E-state index contributed by atoms with van der Waals surface area (Å²) in [6, 6.07) is 10.7. The van der Waals surface area contributed by atoms with E-state index in [1.54, 1.807) is 12.1 Å². The van der Waals surface area contributed by atoms with Crippen LogP contribution in [0, 0.1) is 5.92 Å². The van der Waals surface area contributed by atoms with E-state index in [2.05, 4.69) is 22.8 Å². The molecule has 124 valence electrons. The van der Waals surface area contributed by atoms with Gasteiger partial charge in [0, 0.05) is 18.2 Å². The van der Waals surface area contributed by atoms with Gasteiger partial charge in [-0.25, -0.2) is 0 Å². The molecule has 5 nitrogen and oxygen atoms in total. The average molecular weight is 324 g/mol. The van der Waals surface area contributed by atoms with E-state index in [1.165, 1.54) is 6.26 Å². The van der Waals surface area contributed by atoms with Crippen LogP contribution in [0.2, 0.25) is 0 Å². The third-order valence-corrected chi connectivity index (χ3v) is 4.06. The van der Waals surface area contributed by atoms with Gasteiger partial charge in [-0.1, -0.05) is 24.3 Å². The van der Waals surface area contributed by atoms with Crippen LogP contribution in [0.5, 0.6) is 0 Å².